The highest BCUT2D eigenvalue weighted by molar-refractivity contribution is 5.52. The molecule has 0 radical (unpaired) electrons. The van der Waals surface area contributed by atoms with Crippen LogP contribution in [-0.4, -0.2) is 23.8 Å². The van der Waals surface area contributed by atoms with E-state index in [9.17, 15) is 0 Å². The minimum atomic E-state index is 0.234. The fourth-order valence-corrected chi connectivity index (χ4v) is 2.23. The topological polar surface area (TPSA) is 65.5 Å². The largest absolute Gasteiger partial charge is 0.454 e. The Balaban J connectivity index is 1.94. The van der Waals surface area contributed by atoms with E-state index in [4.69, 9.17) is 14.2 Å². The lowest BCUT2D eigenvalue weighted by Crippen LogP contribution is -2.04. The number of benzene rings is 1. The Morgan fingerprint density at radius 2 is 2.00 bits per heavy atom. The molecule has 1 aromatic carbocycles. The summed E-state index contributed by atoms with van der Waals surface area (Å²) < 4.78 is 16.6. The summed E-state index contributed by atoms with van der Waals surface area (Å²) >= 11 is 0. The summed E-state index contributed by atoms with van der Waals surface area (Å²) in [6.07, 6.45) is 1.49. The highest BCUT2D eigenvalue weighted by Crippen LogP contribution is 2.38. The second kappa shape index (κ2) is 5.47. The van der Waals surface area contributed by atoms with Crippen molar-refractivity contribution in [1.82, 2.24) is 9.97 Å². The molecule has 0 unspecified atom stereocenters. The van der Waals surface area contributed by atoms with Crippen molar-refractivity contribution in [1.29, 1.82) is 0 Å². The van der Waals surface area contributed by atoms with Gasteiger partial charge in [-0.05, 0) is 18.1 Å². The Labute approximate surface area is 123 Å². The number of rotatable bonds is 4. The Kier molecular flexibility index (Phi) is 3.51. The molecule has 0 spiro atoms. The van der Waals surface area contributed by atoms with Gasteiger partial charge in [-0.25, -0.2) is 9.97 Å². The summed E-state index contributed by atoms with van der Waals surface area (Å²) in [5.41, 5.74) is 0.942. The van der Waals surface area contributed by atoms with E-state index in [1.54, 1.807) is 6.07 Å². The van der Waals surface area contributed by atoms with E-state index in [2.05, 4.69) is 29.1 Å². The SMILES string of the molecule is CNc1ncnc(Oc2ccc3c(c2)OCO3)c1C(C)C. The van der Waals surface area contributed by atoms with E-state index in [0.29, 0.717) is 17.4 Å². The van der Waals surface area contributed by atoms with Gasteiger partial charge in [0.2, 0.25) is 12.7 Å². The Morgan fingerprint density at radius 1 is 1.19 bits per heavy atom. The van der Waals surface area contributed by atoms with Gasteiger partial charge < -0.3 is 19.5 Å². The van der Waals surface area contributed by atoms with E-state index >= 15 is 0 Å². The molecule has 1 aromatic heterocycles. The molecule has 3 rings (SSSR count). The second-order valence-electron chi connectivity index (χ2n) is 4.96. The third-order valence-electron chi connectivity index (χ3n) is 3.22. The van der Waals surface area contributed by atoms with Crippen LogP contribution in [0.25, 0.3) is 0 Å². The van der Waals surface area contributed by atoms with Gasteiger partial charge in [0, 0.05) is 13.1 Å². The number of hydrogen-bond donors (Lipinski definition) is 1. The molecule has 6 heteroatoms. The van der Waals surface area contributed by atoms with Crippen molar-refractivity contribution in [3.63, 3.8) is 0 Å². The molecule has 0 saturated carbocycles. The smallest absolute Gasteiger partial charge is 0.231 e. The molecule has 6 nitrogen and oxygen atoms in total. The lowest BCUT2D eigenvalue weighted by atomic mass is 10.1. The van der Waals surface area contributed by atoms with E-state index in [1.807, 2.05) is 19.2 Å². The van der Waals surface area contributed by atoms with Gasteiger partial charge in [-0.15, -0.1) is 0 Å². The zero-order valence-electron chi connectivity index (χ0n) is 12.2. The van der Waals surface area contributed by atoms with Crippen LogP contribution in [0.5, 0.6) is 23.1 Å². The zero-order chi connectivity index (χ0) is 14.8. The molecule has 2 aromatic rings. The Hall–Kier alpha value is -2.50. The van der Waals surface area contributed by atoms with Crippen molar-refractivity contribution >= 4 is 5.82 Å². The summed E-state index contributed by atoms with van der Waals surface area (Å²) in [6, 6.07) is 5.46. The van der Waals surface area contributed by atoms with Gasteiger partial charge >= 0.3 is 0 Å². The highest BCUT2D eigenvalue weighted by atomic mass is 16.7. The van der Waals surface area contributed by atoms with Crippen molar-refractivity contribution in [3.05, 3.63) is 30.1 Å². The molecule has 1 N–H and O–H groups in total. The second-order valence-corrected chi connectivity index (χ2v) is 4.96. The molecule has 0 bridgehead atoms. The van der Waals surface area contributed by atoms with E-state index in [1.165, 1.54) is 6.33 Å². The summed E-state index contributed by atoms with van der Waals surface area (Å²) in [6.45, 7) is 4.39. The van der Waals surface area contributed by atoms with Crippen molar-refractivity contribution in [2.75, 3.05) is 19.2 Å². The standard InChI is InChI=1S/C15H17N3O3/c1-9(2)13-14(16-3)17-7-18-15(13)21-10-4-5-11-12(6-10)20-8-19-11/h4-7,9H,8H2,1-3H3,(H,16,17,18). The molecule has 0 fully saturated rings. The van der Waals surface area contributed by atoms with Gasteiger partial charge in [-0.2, -0.15) is 0 Å². The molecule has 0 atom stereocenters. The number of anilines is 1. The molecular formula is C15H17N3O3. The number of nitrogens with zero attached hydrogens (tertiary/aromatic N) is 2. The number of ether oxygens (including phenoxy) is 3. The normalized spacial score (nSPS) is 12.6. The lowest BCUT2D eigenvalue weighted by Gasteiger charge is -2.15. The third-order valence-corrected chi connectivity index (χ3v) is 3.22. The van der Waals surface area contributed by atoms with Crippen LogP contribution in [0.2, 0.25) is 0 Å². The van der Waals surface area contributed by atoms with Crippen molar-refractivity contribution in [2.45, 2.75) is 19.8 Å². The van der Waals surface area contributed by atoms with E-state index < -0.39 is 0 Å². The fourth-order valence-electron chi connectivity index (χ4n) is 2.23. The number of aromatic nitrogens is 2. The molecule has 110 valence electrons. The fraction of sp³-hybridized carbons (Fsp3) is 0.333. The summed E-state index contributed by atoms with van der Waals surface area (Å²) in [7, 11) is 1.83. The Bertz CT molecular complexity index is 659. The average Bonchev–Trinajstić information content (AvgIpc) is 2.94. The van der Waals surface area contributed by atoms with Crippen molar-refractivity contribution < 1.29 is 14.2 Å². The molecular weight excluding hydrogens is 270 g/mol. The highest BCUT2D eigenvalue weighted by Gasteiger charge is 2.18. The van der Waals surface area contributed by atoms with Gasteiger partial charge in [0.05, 0.1) is 5.56 Å². The van der Waals surface area contributed by atoms with Crippen LogP contribution in [0.4, 0.5) is 5.82 Å². The van der Waals surface area contributed by atoms with Gasteiger partial charge in [0.1, 0.15) is 17.9 Å². The van der Waals surface area contributed by atoms with Crippen LogP contribution < -0.4 is 19.5 Å². The minimum Gasteiger partial charge on any atom is -0.454 e. The third kappa shape index (κ3) is 2.56. The van der Waals surface area contributed by atoms with Crippen molar-refractivity contribution in [2.24, 2.45) is 0 Å². The van der Waals surface area contributed by atoms with Crippen LogP contribution in [0, 0.1) is 0 Å². The summed E-state index contributed by atoms with van der Waals surface area (Å²) in [4.78, 5) is 8.48. The van der Waals surface area contributed by atoms with Gasteiger partial charge in [-0.3, -0.25) is 0 Å². The first-order valence-corrected chi connectivity index (χ1v) is 6.79. The predicted octanol–water partition coefficient (Wildman–Crippen LogP) is 3.16. The van der Waals surface area contributed by atoms with Gasteiger partial charge in [-0.1, -0.05) is 13.8 Å². The number of fused-ring (bicyclic) bond motifs is 1. The predicted molar refractivity (Wildman–Crippen MR) is 78.3 cm³/mol. The first kappa shape index (κ1) is 13.5. The molecule has 0 aliphatic carbocycles. The first-order chi connectivity index (χ1) is 10.2. The quantitative estimate of drug-likeness (QED) is 0.931. The van der Waals surface area contributed by atoms with Crippen LogP contribution in [0.1, 0.15) is 25.3 Å². The first-order valence-electron chi connectivity index (χ1n) is 6.79. The van der Waals surface area contributed by atoms with Crippen molar-refractivity contribution in [3.8, 4) is 23.1 Å². The maximum absolute atomic E-state index is 5.91. The molecule has 1 aliphatic rings. The molecule has 0 saturated heterocycles. The van der Waals surface area contributed by atoms with Gasteiger partial charge in [0.15, 0.2) is 11.5 Å². The van der Waals surface area contributed by atoms with Crippen LogP contribution >= 0.6 is 0 Å². The maximum Gasteiger partial charge on any atom is 0.231 e. The monoisotopic (exact) mass is 287 g/mol. The summed E-state index contributed by atoms with van der Waals surface area (Å²) in [5.74, 6) is 3.62. The minimum absolute atomic E-state index is 0.234. The molecule has 2 heterocycles. The Morgan fingerprint density at radius 3 is 2.76 bits per heavy atom. The number of nitrogens with one attached hydrogen (secondary N) is 1. The molecule has 1 aliphatic heterocycles. The summed E-state index contributed by atoms with van der Waals surface area (Å²) in [5, 5.41) is 3.07. The van der Waals surface area contributed by atoms with Crippen LogP contribution in [-0.2, 0) is 0 Å². The van der Waals surface area contributed by atoms with E-state index in [0.717, 1.165) is 17.1 Å². The molecule has 21 heavy (non-hydrogen) atoms. The zero-order valence-corrected chi connectivity index (χ0v) is 12.2. The van der Waals surface area contributed by atoms with Gasteiger partial charge in [0.25, 0.3) is 0 Å². The van der Waals surface area contributed by atoms with Crippen LogP contribution in [0.15, 0.2) is 24.5 Å². The average molecular weight is 287 g/mol. The lowest BCUT2D eigenvalue weighted by molar-refractivity contribution is 0.174. The number of hydrogen-bond acceptors (Lipinski definition) is 6. The molecule has 0 amide bonds. The van der Waals surface area contributed by atoms with Crippen LogP contribution in [0.3, 0.4) is 0 Å². The van der Waals surface area contributed by atoms with E-state index in [-0.39, 0.29) is 12.7 Å². The maximum atomic E-state index is 5.91.